The topological polar surface area (TPSA) is 89.0 Å². The minimum atomic E-state index is -0.340. The van der Waals surface area contributed by atoms with E-state index in [0.717, 1.165) is 53.4 Å². The number of benzene rings is 3. The van der Waals surface area contributed by atoms with Gasteiger partial charge in [0.1, 0.15) is 17.3 Å². The van der Waals surface area contributed by atoms with Crippen molar-refractivity contribution in [3.63, 3.8) is 0 Å². The summed E-state index contributed by atoms with van der Waals surface area (Å²) in [6.45, 7) is 3.91. The molecule has 0 spiro atoms. The fourth-order valence-corrected chi connectivity index (χ4v) is 5.44. The molecule has 3 heterocycles. The Kier molecular flexibility index (Phi) is 8.14. The SMILES string of the molecule is Cc1ccc2c(CC(=O)Cc3cccc(F)c3)cccc2c1Oc1ncccc1-c1ccnc(N[C@H]2CCCNC2)n1. The van der Waals surface area contributed by atoms with Crippen LogP contribution in [0.1, 0.15) is 29.5 Å². The number of anilines is 1. The second kappa shape index (κ2) is 12.4. The van der Waals surface area contributed by atoms with Crippen molar-refractivity contribution in [1.82, 2.24) is 20.3 Å². The van der Waals surface area contributed by atoms with Crippen LogP contribution in [0.2, 0.25) is 0 Å². The molecule has 1 aliphatic heterocycles. The molecule has 3 aromatic carbocycles. The molecule has 0 radical (unpaired) electrons. The van der Waals surface area contributed by atoms with Crippen molar-refractivity contribution in [2.45, 2.75) is 38.6 Å². The van der Waals surface area contributed by atoms with Gasteiger partial charge >= 0.3 is 0 Å². The maximum absolute atomic E-state index is 13.6. The summed E-state index contributed by atoms with van der Waals surface area (Å²) in [6, 6.07) is 22.0. The second-order valence-corrected chi connectivity index (χ2v) is 10.7. The van der Waals surface area contributed by atoms with Gasteiger partial charge in [-0.15, -0.1) is 0 Å². The van der Waals surface area contributed by atoms with E-state index in [1.54, 1.807) is 24.5 Å². The zero-order chi connectivity index (χ0) is 28.9. The van der Waals surface area contributed by atoms with Crippen LogP contribution in [0.5, 0.6) is 11.6 Å². The maximum Gasteiger partial charge on any atom is 0.228 e. The van der Waals surface area contributed by atoms with Crippen molar-refractivity contribution in [3.8, 4) is 22.9 Å². The molecule has 5 aromatic rings. The van der Waals surface area contributed by atoms with Gasteiger partial charge in [0.2, 0.25) is 11.8 Å². The zero-order valence-electron chi connectivity index (χ0n) is 23.4. The number of nitrogens with zero attached hydrogens (tertiary/aromatic N) is 3. The van der Waals surface area contributed by atoms with Gasteiger partial charge in [-0.1, -0.05) is 42.5 Å². The third kappa shape index (κ3) is 6.29. The molecule has 2 N–H and O–H groups in total. The van der Waals surface area contributed by atoms with Crippen LogP contribution in [0, 0.1) is 12.7 Å². The number of ether oxygens (including phenoxy) is 1. The van der Waals surface area contributed by atoms with Crippen molar-refractivity contribution in [2.75, 3.05) is 18.4 Å². The molecule has 1 saturated heterocycles. The Bertz CT molecular complexity index is 1740. The van der Waals surface area contributed by atoms with Crippen molar-refractivity contribution < 1.29 is 13.9 Å². The first kappa shape index (κ1) is 27.5. The van der Waals surface area contributed by atoms with E-state index in [1.165, 1.54) is 12.1 Å². The van der Waals surface area contributed by atoms with Crippen LogP contribution in [-0.2, 0) is 17.6 Å². The van der Waals surface area contributed by atoms with E-state index in [-0.39, 0.29) is 30.5 Å². The fraction of sp³-hybridized carbons (Fsp3) is 0.235. The van der Waals surface area contributed by atoms with Gasteiger partial charge in [0.15, 0.2) is 0 Å². The number of hydrogen-bond acceptors (Lipinski definition) is 7. The lowest BCUT2D eigenvalue weighted by molar-refractivity contribution is -0.117. The molecule has 6 rings (SSSR count). The molecular weight excluding hydrogens is 529 g/mol. The third-order valence-corrected chi connectivity index (χ3v) is 7.51. The van der Waals surface area contributed by atoms with Crippen LogP contribution < -0.4 is 15.4 Å². The summed E-state index contributed by atoms with van der Waals surface area (Å²) < 4.78 is 20.2. The predicted octanol–water partition coefficient (Wildman–Crippen LogP) is 6.45. The Labute approximate surface area is 244 Å². The van der Waals surface area contributed by atoms with Gasteiger partial charge in [-0.25, -0.2) is 19.3 Å². The van der Waals surface area contributed by atoms with E-state index in [0.29, 0.717) is 28.8 Å². The summed E-state index contributed by atoms with van der Waals surface area (Å²) in [6.07, 6.45) is 6.04. The molecule has 2 aromatic heterocycles. The van der Waals surface area contributed by atoms with Gasteiger partial charge in [-0.2, -0.15) is 0 Å². The van der Waals surface area contributed by atoms with E-state index in [4.69, 9.17) is 9.72 Å². The Morgan fingerprint density at radius 1 is 1.00 bits per heavy atom. The molecule has 7 nitrogen and oxygen atoms in total. The molecule has 8 heteroatoms. The molecule has 0 amide bonds. The summed E-state index contributed by atoms with van der Waals surface area (Å²) >= 11 is 0. The smallest absolute Gasteiger partial charge is 0.228 e. The minimum absolute atomic E-state index is 0.0142. The first-order valence-electron chi connectivity index (χ1n) is 14.2. The molecule has 1 fully saturated rings. The standard InChI is InChI=1S/C34H32FN5O2/c1-22-12-13-28-24(20-27(41)19-23-6-2-8-25(35)18-23)7-3-10-29(28)32(22)42-33-30(11-5-16-37-33)31-14-17-38-34(40-31)39-26-9-4-15-36-21-26/h2-3,5-8,10-14,16-18,26,36H,4,9,15,19-21H2,1H3,(H,38,39,40)/t26-/m0/s1. The van der Waals surface area contributed by atoms with E-state index in [1.807, 2.05) is 55.5 Å². The van der Waals surface area contributed by atoms with Crippen LogP contribution in [0.15, 0.2) is 85.2 Å². The highest BCUT2D eigenvalue weighted by molar-refractivity contribution is 5.95. The highest BCUT2D eigenvalue weighted by Crippen LogP contribution is 2.37. The maximum atomic E-state index is 13.6. The Hall–Kier alpha value is -4.69. The summed E-state index contributed by atoms with van der Waals surface area (Å²) in [5, 5.41) is 8.66. The molecule has 0 bridgehead atoms. The molecule has 0 saturated carbocycles. The van der Waals surface area contributed by atoms with Crippen LogP contribution in [0.4, 0.5) is 10.3 Å². The van der Waals surface area contributed by atoms with Gasteiger partial charge in [0.25, 0.3) is 0 Å². The number of rotatable bonds is 9. The summed E-state index contributed by atoms with van der Waals surface area (Å²) in [7, 11) is 0. The van der Waals surface area contributed by atoms with Crippen LogP contribution in [0.25, 0.3) is 22.0 Å². The van der Waals surface area contributed by atoms with Crippen LogP contribution >= 0.6 is 0 Å². The summed E-state index contributed by atoms with van der Waals surface area (Å²) in [4.78, 5) is 26.7. The number of pyridine rings is 1. The number of halogens is 1. The number of carbonyl (C=O) groups is 1. The number of Topliss-reactive ketones (excluding diaryl/α,β-unsaturated/α-hetero) is 1. The first-order chi connectivity index (χ1) is 20.5. The molecule has 0 unspecified atom stereocenters. The molecule has 42 heavy (non-hydrogen) atoms. The lowest BCUT2D eigenvalue weighted by Gasteiger charge is -2.23. The summed E-state index contributed by atoms with van der Waals surface area (Å²) in [5.41, 5.74) is 3.96. The normalized spacial score (nSPS) is 15.0. The second-order valence-electron chi connectivity index (χ2n) is 10.7. The van der Waals surface area contributed by atoms with Crippen molar-refractivity contribution in [2.24, 2.45) is 0 Å². The lowest BCUT2D eigenvalue weighted by atomic mass is 9.96. The summed E-state index contributed by atoms with van der Waals surface area (Å²) in [5.74, 6) is 1.36. The van der Waals surface area contributed by atoms with E-state index in [9.17, 15) is 9.18 Å². The molecule has 212 valence electrons. The van der Waals surface area contributed by atoms with E-state index >= 15 is 0 Å². The minimum Gasteiger partial charge on any atom is -0.437 e. The number of carbonyl (C=O) groups excluding carboxylic acids is 1. The number of nitrogens with one attached hydrogen (secondary N) is 2. The van der Waals surface area contributed by atoms with Crippen molar-refractivity contribution in [3.05, 3.63) is 108 Å². The quantitative estimate of drug-likeness (QED) is 0.214. The number of hydrogen-bond donors (Lipinski definition) is 2. The van der Waals surface area contributed by atoms with Gasteiger partial charge in [0.05, 0.1) is 11.3 Å². The lowest BCUT2D eigenvalue weighted by Crippen LogP contribution is -2.38. The number of piperidine rings is 1. The molecule has 1 atom stereocenters. The molecule has 1 aliphatic rings. The number of ketones is 1. The average Bonchev–Trinajstić information content (AvgIpc) is 2.99. The Balaban J connectivity index is 1.28. The van der Waals surface area contributed by atoms with Crippen LogP contribution in [0.3, 0.4) is 0 Å². The zero-order valence-corrected chi connectivity index (χ0v) is 23.4. The van der Waals surface area contributed by atoms with Crippen molar-refractivity contribution in [1.29, 1.82) is 0 Å². The van der Waals surface area contributed by atoms with Gasteiger partial charge < -0.3 is 15.4 Å². The Morgan fingerprint density at radius 2 is 1.90 bits per heavy atom. The fourth-order valence-electron chi connectivity index (χ4n) is 5.44. The van der Waals surface area contributed by atoms with Gasteiger partial charge in [-0.3, -0.25) is 4.79 Å². The number of fused-ring (bicyclic) bond motifs is 1. The predicted molar refractivity (Wildman–Crippen MR) is 162 cm³/mol. The highest BCUT2D eigenvalue weighted by Gasteiger charge is 2.18. The van der Waals surface area contributed by atoms with Gasteiger partial charge in [-0.05, 0) is 78.7 Å². The van der Waals surface area contributed by atoms with Crippen LogP contribution in [-0.4, -0.2) is 39.9 Å². The Morgan fingerprint density at radius 3 is 2.76 bits per heavy atom. The van der Waals surface area contributed by atoms with Crippen molar-refractivity contribution >= 4 is 22.5 Å². The first-order valence-corrected chi connectivity index (χ1v) is 14.2. The molecule has 0 aliphatic carbocycles. The highest BCUT2D eigenvalue weighted by atomic mass is 19.1. The number of aryl methyl sites for hydroxylation is 1. The molecular formula is C34H32FN5O2. The third-order valence-electron chi connectivity index (χ3n) is 7.51. The monoisotopic (exact) mass is 561 g/mol. The van der Waals surface area contributed by atoms with Gasteiger partial charge in [0, 0.05) is 43.2 Å². The van der Waals surface area contributed by atoms with E-state index in [2.05, 4.69) is 20.6 Å². The largest absolute Gasteiger partial charge is 0.437 e. The number of aromatic nitrogens is 3. The average molecular weight is 562 g/mol. The van der Waals surface area contributed by atoms with E-state index < -0.39 is 0 Å².